The van der Waals surface area contributed by atoms with Crippen LogP contribution in [0.1, 0.15) is 43.0 Å². The quantitative estimate of drug-likeness (QED) is 0.916. The molecular formula is C14H20N4O. The number of piperidine rings is 1. The molecule has 3 rings (SSSR count). The van der Waals surface area contributed by atoms with Gasteiger partial charge < -0.3 is 4.42 Å². The van der Waals surface area contributed by atoms with Crippen LogP contribution in [0.2, 0.25) is 0 Å². The molecule has 2 aromatic heterocycles. The van der Waals surface area contributed by atoms with Gasteiger partial charge in [0.1, 0.15) is 5.76 Å². The molecule has 0 aliphatic carbocycles. The molecule has 0 spiro atoms. The van der Waals surface area contributed by atoms with E-state index < -0.39 is 0 Å². The molecule has 1 fully saturated rings. The second-order valence-electron chi connectivity index (χ2n) is 5.16. The average molecular weight is 260 g/mol. The average Bonchev–Trinajstić information content (AvgIpc) is 3.10. The summed E-state index contributed by atoms with van der Waals surface area (Å²) in [5, 5.41) is 7.14. The zero-order valence-electron chi connectivity index (χ0n) is 11.3. The van der Waals surface area contributed by atoms with Crippen LogP contribution >= 0.6 is 0 Å². The Bertz CT molecular complexity index is 505. The molecule has 0 saturated carbocycles. The molecular weight excluding hydrogens is 240 g/mol. The predicted octanol–water partition coefficient (Wildman–Crippen LogP) is 2.34. The maximum absolute atomic E-state index is 5.69. The Morgan fingerprint density at radius 2 is 2.47 bits per heavy atom. The number of aromatic nitrogens is 3. The van der Waals surface area contributed by atoms with Crippen LogP contribution in [0.4, 0.5) is 0 Å². The minimum atomic E-state index is 0.553. The zero-order valence-corrected chi connectivity index (χ0v) is 11.3. The highest BCUT2D eigenvalue weighted by Gasteiger charge is 2.23. The molecule has 1 aliphatic rings. The summed E-state index contributed by atoms with van der Waals surface area (Å²) in [5.74, 6) is 2.36. The number of nitrogens with zero attached hydrogens (tertiary/aromatic N) is 3. The van der Waals surface area contributed by atoms with Gasteiger partial charge in [0.2, 0.25) is 5.89 Å². The van der Waals surface area contributed by atoms with Crippen LogP contribution in [-0.4, -0.2) is 33.2 Å². The second-order valence-corrected chi connectivity index (χ2v) is 5.16. The van der Waals surface area contributed by atoms with Crippen LogP contribution in [0.3, 0.4) is 0 Å². The van der Waals surface area contributed by atoms with Crippen molar-refractivity contribution in [3.8, 4) is 0 Å². The first-order valence-electron chi connectivity index (χ1n) is 7.00. The van der Waals surface area contributed by atoms with Crippen LogP contribution in [-0.2, 0) is 13.0 Å². The summed E-state index contributed by atoms with van der Waals surface area (Å²) in [6, 6.07) is 2.08. The van der Waals surface area contributed by atoms with E-state index in [9.17, 15) is 0 Å². The number of oxazole rings is 1. The van der Waals surface area contributed by atoms with E-state index in [0.29, 0.717) is 5.92 Å². The topological polar surface area (TPSA) is 58.0 Å². The molecule has 0 bridgehead atoms. The normalized spacial score (nSPS) is 20.8. The Hall–Kier alpha value is -1.62. The summed E-state index contributed by atoms with van der Waals surface area (Å²) >= 11 is 0. The van der Waals surface area contributed by atoms with Gasteiger partial charge in [0.05, 0.1) is 12.7 Å². The molecule has 5 heteroatoms. The predicted molar refractivity (Wildman–Crippen MR) is 71.7 cm³/mol. The Kier molecular flexibility index (Phi) is 3.64. The Balaban J connectivity index is 1.62. The summed E-state index contributed by atoms with van der Waals surface area (Å²) in [4.78, 5) is 6.76. The SMILES string of the molecule is CCc1cnc(CN2CCC[C@@H](c3ccn[nH]3)C2)o1. The number of rotatable bonds is 4. The minimum Gasteiger partial charge on any atom is -0.444 e. The molecule has 1 N–H and O–H groups in total. The minimum absolute atomic E-state index is 0.553. The van der Waals surface area contributed by atoms with Crippen molar-refractivity contribution in [2.75, 3.05) is 13.1 Å². The number of nitrogens with one attached hydrogen (secondary N) is 1. The third-order valence-corrected chi connectivity index (χ3v) is 3.78. The van der Waals surface area contributed by atoms with Gasteiger partial charge in [-0.15, -0.1) is 0 Å². The molecule has 1 atom stereocenters. The first-order valence-corrected chi connectivity index (χ1v) is 7.00. The fourth-order valence-corrected chi connectivity index (χ4v) is 2.72. The van der Waals surface area contributed by atoms with Crippen molar-refractivity contribution in [1.82, 2.24) is 20.1 Å². The molecule has 5 nitrogen and oxygen atoms in total. The van der Waals surface area contributed by atoms with E-state index in [0.717, 1.165) is 37.7 Å². The molecule has 0 aromatic carbocycles. The van der Waals surface area contributed by atoms with Crippen molar-refractivity contribution >= 4 is 0 Å². The van der Waals surface area contributed by atoms with E-state index in [4.69, 9.17) is 4.42 Å². The highest BCUT2D eigenvalue weighted by atomic mass is 16.4. The monoisotopic (exact) mass is 260 g/mol. The molecule has 1 aliphatic heterocycles. The second kappa shape index (κ2) is 5.57. The molecule has 19 heavy (non-hydrogen) atoms. The van der Waals surface area contributed by atoms with Gasteiger partial charge in [-0.3, -0.25) is 10.00 Å². The van der Waals surface area contributed by atoms with Crippen molar-refractivity contribution in [3.63, 3.8) is 0 Å². The van der Waals surface area contributed by atoms with Crippen LogP contribution in [0, 0.1) is 0 Å². The van der Waals surface area contributed by atoms with Crippen molar-refractivity contribution in [2.24, 2.45) is 0 Å². The van der Waals surface area contributed by atoms with Crippen LogP contribution in [0.15, 0.2) is 22.9 Å². The Morgan fingerprint density at radius 1 is 1.53 bits per heavy atom. The van der Waals surface area contributed by atoms with Gasteiger partial charge in [-0.1, -0.05) is 6.92 Å². The Labute approximate surface area is 113 Å². The van der Waals surface area contributed by atoms with Gasteiger partial charge in [-0.05, 0) is 25.5 Å². The molecule has 0 amide bonds. The number of H-pyrrole nitrogens is 1. The van der Waals surface area contributed by atoms with Crippen molar-refractivity contribution in [2.45, 2.75) is 38.6 Å². The third-order valence-electron chi connectivity index (χ3n) is 3.78. The van der Waals surface area contributed by atoms with Gasteiger partial charge in [-0.25, -0.2) is 4.98 Å². The van der Waals surface area contributed by atoms with Crippen molar-refractivity contribution < 1.29 is 4.42 Å². The Morgan fingerprint density at radius 3 is 3.21 bits per heavy atom. The lowest BCUT2D eigenvalue weighted by Gasteiger charge is -2.31. The standard InChI is InChI=1S/C14H20N4O/c1-2-12-8-15-14(19-12)10-18-7-3-4-11(9-18)13-5-6-16-17-13/h5-6,8,11H,2-4,7,9-10H2,1H3,(H,16,17)/t11-/m1/s1. The first-order chi connectivity index (χ1) is 9.35. The number of aryl methyl sites for hydroxylation is 1. The zero-order chi connectivity index (χ0) is 13.1. The van der Waals surface area contributed by atoms with E-state index in [2.05, 4.69) is 33.1 Å². The fraction of sp³-hybridized carbons (Fsp3) is 0.571. The summed E-state index contributed by atoms with van der Waals surface area (Å²) in [5.41, 5.74) is 1.24. The third kappa shape index (κ3) is 2.87. The van der Waals surface area contributed by atoms with Gasteiger partial charge in [0.25, 0.3) is 0 Å². The van der Waals surface area contributed by atoms with Crippen LogP contribution < -0.4 is 0 Å². The van der Waals surface area contributed by atoms with Crippen molar-refractivity contribution in [1.29, 1.82) is 0 Å². The summed E-state index contributed by atoms with van der Waals surface area (Å²) < 4.78 is 5.69. The molecule has 102 valence electrons. The number of hydrogen-bond donors (Lipinski definition) is 1. The van der Waals surface area contributed by atoms with E-state index in [1.807, 2.05) is 12.4 Å². The molecule has 3 heterocycles. The lowest BCUT2D eigenvalue weighted by molar-refractivity contribution is 0.181. The summed E-state index contributed by atoms with van der Waals surface area (Å²) in [6.45, 7) is 5.06. The highest BCUT2D eigenvalue weighted by molar-refractivity contribution is 5.07. The van der Waals surface area contributed by atoms with Gasteiger partial charge in [0.15, 0.2) is 0 Å². The van der Waals surface area contributed by atoms with E-state index >= 15 is 0 Å². The van der Waals surface area contributed by atoms with Crippen molar-refractivity contribution in [3.05, 3.63) is 35.8 Å². The maximum Gasteiger partial charge on any atom is 0.208 e. The van der Waals surface area contributed by atoms with Gasteiger partial charge >= 0.3 is 0 Å². The van der Waals surface area contributed by atoms with E-state index in [1.165, 1.54) is 18.5 Å². The summed E-state index contributed by atoms with van der Waals surface area (Å²) in [6.07, 6.45) is 7.01. The van der Waals surface area contributed by atoms with Crippen LogP contribution in [0.25, 0.3) is 0 Å². The highest BCUT2D eigenvalue weighted by Crippen LogP contribution is 2.26. The summed E-state index contributed by atoms with van der Waals surface area (Å²) in [7, 11) is 0. The fourth-order valence-electron chi connectivity index (χ4n) is 2.72. The maximum atomic E-state index is 5.69. The van der Waals surface area contributed by atoms with Gasteiger partial charge in [0, 0.05) is 30.8 Å². The largest absolute Gasteiger partial charge is 0.444 e. The lowest BCUT2D eigenvalue weighted by Crippen LogP contribution is -2.34. The number of likely N-dealkylation sites (tertiary alicyclic amines) is 1. The molecule has 1 saturated heterocycles. The number of hydrogen-bond acceptors (Lipinski definition) is 4. The first kappa shape index (κ1) is 12.4. The van der Waals surface area contributed by atoms with Gasteiger partial charge in [-0.2, -0.15) is 5.10 Å². The molecule has 0 radical (unpaired) electrons. The smallest absolute Gasteiger partial charge is 0.208 e. The molecule has 0 unspecified atom stereocenters. The van der Waals surface area contributed by atoms with E-state index in [1.54, 1.807) is 0 Å². The van der Waals surface area contributed by atoms with Crippen LogP contribution in [0.5, 0.6) is 0 Å². The van der Waals surface area contributed by atoms with E-state index in [-0.39, 0.29) is 0 Å². The lowest BCUT2D eigenvalue weighted by atomic mass is 9.95. The molecule has 2 aromatic rings. The number of aromatic amines is 1.